The zero-order valence-corrected chi connectivity index (χ0v) is 14.5. The van der Waals surface area contributed by atoms with Crippen LogP contribution in [0.1, 0.15) is 5.56 Å². The number of anilines is 1. The molecule has 0 fully saturated rings. The van der Waals surface area contributed by atoms with Crippen LogP contribution in [-0.4, -0.2) is 16.8 Å². The summed E-state index contributed by atoms with van der Waals surface area (Å²) in [4.78, 5) is -1.27. The maximum atomic E-state index is 11.5. The van der Waals surface area contributed by atoms with Crippen molar-refractivity contribution in [3.05, 3.63) is 22.2 Å². The lowest BCUT2D eigenvalue weighted by Gasteiger charge is -2.10. The molecule has 0 aliphatic heterocycles. The minimum atomic E-state index is -4.35. The predicted octanol–water partition coefficient (Wildman–Crippen LogP) is 3.47. The van der Waals surface area contributed by atoms with Crippen molar-refractivity contribution < 1.29 is 16.8 Å². The van der Waals surface area contributed by atoms with E-state index in [-0.39, 0.29) is 16.3 Å². The van der Waals surface area contributed by atoms with Crippen molar-refractivity contribution in [2.24, 2.45) is 0 Å². The Labute approximate surface area is 139 Å². The molecule has 0 saturated carbocycles. The third kappa shape index (κ3) is 4.07. The third-order valence-corrected chi connectivity index (χ3v) is 5.74. The summed E-state index contributed by atoms with van der Waals surface area (Å²) in [5.74, 6) is 0. The van der Waals surface area contributed by atoms with Crippen LogP contribution in [0.5, 0.6) is 0 Å². The maximum Gasteiger partial charge on any atom is 0.263 e. The Morgan fingerprint density at radius 2 is 1.35 bits per heavy atom. The molecule has 5 nitrogen and oxygen atoms in total. The van der Waals surface area contributed by atoms with Crippen LogP contribution in [0.15, 0.2) is 26.4 Å². The summed E-state index contributed by atoms with van der Waals surface area (Å²) >= 11 is 16.7. The van der Waals surface area contributed by atoms with E-state index in [0.717, 1.165) is 6.07 Å². The summed E-state index contributed by atoms with van der Waals surface area (Å²) in [5.41, 5.74) is 4.90. The molecule has 0 radical (unpaired) electrons. The normalized spacial score (nSPS) is 12.2. The van der Waals surface area contributed by atoms with Crippen LogP contribution < -0.4 is 5.73 Å². The van der Waals surface area contributed by atoms with Crippen molar-refractivity contribution in [1.29, 1.82) is 0 Å². The van der Waals surface area contributed by atoms with E-state index in [2.05, 4.69) is 0 Å². The van der Waals surface area contributed by atoms with Crippen molar-refractivity contribution in [3.8, 4) is 0 Å². The van der Waals surface area contributed by atoms with Gasteiger partial charge in [0.15, 0.2) is 0 Å². The van der Waals surface area contributed by atoms with Crippen molar-refractivity contribution in [3.63, 3.8) is 0 Å². The molecule has 112 valence electrons. The molecule has 0 aliphatic rings. The highest BCUT2D eigenvalue weighted by Gasteiger charge is 2.25. The second-order valence-electron chi connectivity index (χ2n) is 3.34. The van der Waals surface area contributed by atoms with E-state index in [9.17, 15) is 16.8 Å². The van der Waals surface area contributed by atoms with Crippen LogP contribution in [0.3, 0.4) is 0 Å². The number of benzene rings is 1. The average molecular weight is 420 g/mol. The Bertz CT molecular complexity index is 796. The van der Waals surface area contributed by atoms with Gasteiger partial charge in [-0.1, -0.05) is 34.8 Å². The van der Waals surface area contributed by atoms with Gasteiger partial charge in [0.05, 0.1) is 15.6 Å². The molecular formula is C8H4Cl5NO4S2. The molecule has 0 atom stereocenters. The average Bonchev–Trinajstić information content (AvgIpc) is 2.23. The van der Waals surface area contributed by atoms with Gasteiger partial charge >= 0.3 is 0 Å². The lowest BCUT2D eigenvalue weighted by atomic mass is 10.2. The Kier molecular flexibility index (Phi) is 5.52. The molecule has 1 aromatic carbocycles. The number of rotatable bonds is 3. The van der Waals surface area contributed by atoms with Gasteiger partial charge < -0.3 is 5.73 Å². The topological polar surface area (TPSA) is 94.3 Å². The van der Waals surface area contributed by atoms with Gasteiger partial charge in [-0.25, -0.2) is 16.8 Å². The zero-order chi connectivity index (χ0) is 15.9. The lowest BCUT2D eigenvalue weighted by Crippen LogP contribution is -2.04. The minimum absolute atomic E-state index is 0.247. The van der Waals surface area contributed by atoms with Crippen LogP contribution in [0.2, 0.25) is 0 Å². The van der Waals surface area contributed by atoms with Gasteiger partial charge in [-0.05, 0) is 12.1 Å². The van der Waals surface area contributed by atoms with E-state index in [1.807, 2.05) is 0 Å². The van der Waals surface area contributed by atoms with E-state index in [0.29, 0.717) is 6.07 Å². The molecule has 0 heterocycles. The fraction of sp³-hybridized carbons (Fsp3) is 0. The van der Waals surface area contributed by atoms with Gasteiger partial charge in [-0.2, -0.15) is 0 Å². The van der Waals surface area contributed by atoms with Crippen LogP contribution in [0.25, 0.3) is 5.03 Å². The van der Waals surface area contributed by atoms with Gasteiger partial charge in [0.2, 0.25) is 0 Å². The first kappa shape index (κ1) is 18.2. The fourth-order valence-corrected chi connectivity index (χ4v) is 3.82. The molecule has 0 amide bonds. The molecular weight excluding hydrogens is 415 g/mol. The molecule has 0 saturated heterocycles. The van der Waals surface area contributed by atoms with Crippen LogP contribution >= 0.6 is 56.2 Å². The second-order valence-corrected chi connectivity index (χ2v) is 9.73. The summed E-state index contributed by atoms with van der Waals surface area (Å²) in [6.07, 6.45) is 0. The molecule has 1 rings (SSSR count). The van der Waals surface area contributed by atoms with Crippen molar-refractivity contribution in [2.75, 3.05) is 5.73 Å². The first-order valence-electron chi connectivity index (χ1n) is 4.39. The van der Waals surface area contributed by atoms with E-state index in [4.69, 9.17) is 61.9 Å². The van der Waals surface area contributed by atoms with Crippen LogP contribution in [0, 0.1) is 0 Å². The van der Waals surface area contributed by atoms with Gasteiger partial charge in [-0.3, -0.25) is 0 Å². The Morgan fingerprint density at radius 1 is 0.900 bits per heavy atom. The fourth-order valence-electron chi connectivity index (χ4n) is 1.26. The highest BCUT2D eigenvalue weighted by molar-refractivity contribution is 8.14. The molecule has 12 heteroatoms. The first-order chi connectivity index (χ1) is 8.85. The van der Waals surface area contributed by atoms with Crippen LogP contribution in [-0.2, 0) is 18.1 Å². The maximum absolute atomic E-state index is 11.5. The summed E-state index contributed by atoms with van der Waals surface area (Å²) in [7, 11) is 1.72. The molecule has 0 bridgehead atoms. The quantitative estimate of drug-likeness (QED) is 0.598. The third-order valence-electron chi connectivity index (χ3n) is 2.04. The van der Waals surface area contributed by atoms with E-state index >= 15 is 0 Å². The second kappa shape index (κ2) is 6.08. The molecule has 2 N–H and O–H groups in total. The predicted molar refractivity (Wildman–Crippen MR) is 81.4 cm³/mol. The molecule has 0 aromatic heterocycles. The van der Waals surface area contributed by atoms with Gasteiger partial charge in [0.25, 0.3) is 18.1 Å². The Hall–Kier alpha value is 0.110. The summed E-state index contributed by atoms with van der Waals surface area (Å²) < 4.78 is 45.1. The van der Waals surface area contributed by atoms with E-state index < -0.39 is 32.4 Å². The first-order valence-corrected chi connectivity index (χ1v) is 10.1. The molecule has 1 aromatic rings. The summed E-state index contributed by atoms with van der Waals surface area (Å²) in [6.45, 7) is 0. The molecule has 0 unspecified atom stereocenters. The summed E-state index contributed by atoms with van der Waals surface area (Å²) in [5, 5.41) is -0.363. The molecule has 0 spiro atoms. The molecule has 0 aliphatic carbocycles. The summed E-state index contributed by atoms with van der Waals surface area (Å²) in [6, 6.07) is 1.62. The standard InChI is InChI=1S/C8H4Cl5NO4S2/c9-7(8(10)11)3-1-4(14)6(20(13,17)18)2-5(3)19(12,15)16/h1-2H,14H2. The molecule has 20 heavy (non-hydrogen) atoms. The van der Waals surface area contributed by atoms with Gasteiger partial charge in [0, 0.05) is 26.9 Å². The minimum Gasteiger partial charge on any atom is -0.398 e. The van der Waals surface area contributed by atoms with E-state index in [1.54, 1.807) is 0 Å². The number of hydrogen-bond acceptors (Lipinski definition) is 5. The number of nitrogens with two attached hydrogens (primary N) is 1. The number of hydrogen-bond donors (Lipinski definition) is 1. The highest BCUT2D eigenvalue weighted by atomic mass is 35.7. The lowest BCUT2D eigenvalue weighted by molar-refractivity contribution is 0.608. The SMILES string of the molecule is Nc1cc(C(Cl)=C(Cl)Cl)c(S(=O)(=O)Cl)cc1S(=O)(=O)Cl. The van der Waals surface area contributed by atoms with Crippen molar-refractivity contribution >= 4 is 85.0 Å². The zero-order valence-electron chi connectivity index (χ0n) is 9.07. The largest absolute Gasteiger partial charge is 0.398 e. The van der Waals surface area contributed by atoms with E-state index in [1.165, 1.54) is 0 Å². The number of nitrogen functional groups attached to an aromatic ring is 1. The monoisotopic (exact) mass is 417 g/mol. The number of halogens is 5. The van der Waals surface area contributed by atoms with Crippen molar-refractivity contribution in [1.82, 2.24) is 0 Å². The van der Waals surface area contributed by atoms with Crippen LogP contribution in [0.4, 0.5) is 5.69 Å². The van der Waals surface area contributed by atoms with Gasteiger partial charge in [0.1, 0.15) is 9.39 Å². The highest BCUT2D eigenvalue weighted by Crippen LogP contribution is 2.38. The van der Waals surface area contributed by atoms with Crippen molar-refractivity contribution in [2.45, 2.75) is 9.79 Å². The Morgan fingerprint density at radius 3 is 1.70 bits per heavy atom. The van der Waals surface area contributed by atoms with Gasteiger partial charge in [-0.15, -0.1) is 0 Å². The Balaban J connectivity index is 3.91. The smallest absolute Gasteiger partial charge is 0.263 e.